The van der Waals surface area contributed by atoms with Gasteiger partial charge in [0, 0.05) is 24.3 Å². The fourth-order valence-corrected chi connectivity index (χ4v) is 5.29. The lowest BCUT2D eigenvalue weighted by atomic mass is 10.0. The topological polar surface area (TPSA) is 117 Å². The highest BCUT2D eigenvalue weighted by Crippen LogP contribution is 2.36. The van der Waals surface area contributed by atoms with Gasteiger partial charge in [-0.3, -0.25) is 9.59 Å². The Morgan fingerprint density at radius 3 is 2.68 bits per heavy atom. The molecule has 3 atom stereocenters. The number of alkyl halides is 2. The van der Waals surface area contributed by atoms with Crippen molar-refractivity contribution in [1.29, 1.82) is 0 Å². The van der Waals surface area contributed by atoms with Crippen LogP contribution in [0.15, 0.2) is 66.9 Å². The predicted octanol–water partition coefficient (Wildman–Crippen LogP) is 4.11. The van der Waals surface area contributed by atoms with E-state index in [1.54, 1.807) is 60.3 Å². The minimum atomic E-state index is -3.55. The Labute approximate surface area is 252 Å². The van der Waals surface area contributed by atoms with Crippen LogP contribution in [0.4, 0.5) is 8.78 Å². The zero-order valence-electron chi connectivity index (χ0n) is 24.3. The molecule has 0 radical (unpaired) electrons. The number of fused-ring (bicyclic) bond motifs is 2. The summed E-state index contributed by atoms with van der Waals surface area (Å²) in [6.45, 7) is 4.34. The lowest BCUT2D eigenvalue weighted by Crippen LogP contribution is -2.46. The summed E-state index contributed by atoms with van der Waals surface area (Å²) in [4.78, 5) is 25.0. The molecule has 1 saturated heterocycles. The molecule has 230 valence electrons. The Balaban J connectivity index is 1.26. The molecule has 3 N–H and O–H groups in total. The number of carbonyl (C=O) groups is 2. The quantitative estimate of drug-likeness (QED) is 0.277. The van der Waals surface area contributed by atoms with Gasteiger partial charge < -0.3 is 29.6 Å². The first-order chi connectivity index (χ1) is 21.2. The number of aromatic nitrogens is 2. The number of halogens is 2. The molecule has 2 aliphatic heterocycles. The second-order valence-corrected chi connectivity index (χ2v) is 11.0. The third-order valence-electron chi connectivity index (χ3n) is 7.58. The molecule has 2 amide bonds. The summed E-state index contributed by atoms with van der Waals surface area (Å²) in [5.74, 6) is -3.59. The molecule has 4 aromatic rings. The van der Waals surface area contributed by atoms with E-state index in [0.29, 0.717) is 60.8 Å². The highest BCUT2D eigenvalue weighted by atomic mass is 19.3. The van der Waals surface area contributed by atoms with E-state index in [1.807, 2.05) is 18.2 Å². The zero-order valence-corrected chi connectivity index (χ0v) is 24.3. The maximum Gasteiger partial charge on any atom is 0.321 e. The van der Waals surface area contributed by atoms with Crippen molar-refractivity contribution in [2.24, 2.45) is 0 Å². The van der Waals surface area contributed by atoms with Crippen molar-refractivity contribution >= 4 is 22.7 Å². The number of nitrogens with zero attached hydrogens (tertiary/aromatic N) is 2. The van der Waals surface area contributed by atoms with Crippen molar-refractivity contribution in [3.05, 3.63) is 78.0 Å². The monoisotopic (exact) mass is 607 g/mol. The molecule has 44 heavy (non-hydrogen) atoms. The van der Waals surface area contributed by atoms with Crippen LogP contribution in [0.5, 0.6) is 17.2 Å². The molecule has 2 unspecified atom stereocenters. The average Bonchev–Trinajstić information content (AvgIpc) is 3.69. The Bertz CT molecular complexity index is 1680. The van der Waals surface area contributed by atoms with Crippen molar-refractivity contribution in [2.45, 2.75) is 44.4 Å². The third-order valence-corrected chi connectivity index (χ3v) is 7.58. The van der Waals surface area contributed by atoms with Crippen LogP contribution in [-0.2, 0) is 4.79 Å². The number of hydrogen-bond donors (Lipinski definition) is 2. The summed E-state index contributed by atoms with van der Waals surface area (Å²) < 4.78 is 51.2. The number of hydrogen-bond acceptors (Lipinski definition) is 6. The maximum atomic E-state index is 13.7. The van der Waals surface area contributed by atoms with Gasteiger partial charge in [-0.2, -0.15) is 13.9 Å². The van der Waals surface area contributed by atoms with Gasteiger partial charge in [0.15, 0.2) is 18.1 Å². The van der Waals surface area contributed by atoms with Crippen molar-refractivity contribution in [2.75, 3.05) is 26.4 Å². The molecule has 0 bridgehead atoms. The van der Waals surface area contributed by atoms with E-state index >= 15 is 0 Å². The number of carbonyl (C=O) groups excluding carboxylic acids is 2. The second-order valence-electron chi connectivity index (χ2n) is 11.0. The van der Waals surface area contributed by atoms with Crippen molar-refractivity contribution in [3.8, 4) is 22.9 Å². The van der Waals surface area contributed by atoms with Crippen LogP contribution in [0.3, 0.4) is 0 Å². The standard InChI is InChI=1S/C32H32F2N4O6/c1-19(36-31(40)32(2,33)34)29(20-6-9-27-28(16-20)43-13-12-42-27)44-25-7-8-26-22(15-25)17-35-38(26)24-5-3-4-21(14-24)30(39)37-23-10-11-41-18-23/h3-9,14-17,19,23,29H,10-13,18H2,1-2H3,(H,36,40)(H,37,39)/p+1/t19-,23?,29?/m0/s1. The van der Waals surface area contributed by atoms with Crippen LogP contribution < -0.4 is 24.8 Å². The minimum absolute atomic E-state index is 0.0515. The summed E-state index contributed by atoms with van der Waals surface area (Å²) in [5, 5.41) is 10.7. The number of ether oxygens (including phenoxy) is 4. The Morgan fingerprint density at radius 1 is 1.09 bits per heavy atom. The second kappa shape index (κ2) is 12.1. The number of nitrogens with one attached hydrogen (secondary N) is 2. The van der Waals surface area contributed by atoms with Crippen LogP contribution in [0.25, 0.3) is 16.6 Å². The fourth-order valence-electron chi connectivity index (χ4n) is 5.29. The molecule has 6 rings (SSSR count). The van der Waals surface area contributed by atoms with Gasteiger partial charge in [-0.15, -0.1) is 0 Å². The van der Waals surface area contributed by atoms with Crippen molar-refractivity contribution in [3.63, 3.8) is 0 Å². The van der Waals surface area contributed by atoms with Gasteiger partial charge in [-0.1, -0.05) is 12.1 Å². The molecule has 12 heteroatoms. The largest absolute Gasteiger partial charge is 0.486 e. The zero-order chi connectivity index (χ0) is 30.8. The lowest BCUT2D eigenvalue weighted by Gasteiger charge is -2.28. The van der Waals surface area contributed by atoms with Gasteiger partial charge in [0.1, 0.15) is 37.7 Å². The molecule has 3 aromatic carbocycles. The Hall–Kier alpha value is -4.71. The predicted molar refractivity (Wildman–Crippen MR) is 158 cm³/mol. The lowest BCUT2D eigenvalue weighted by molar-refractivity contribution is -0.144. The third kappa shape index (κ3) is 6.30. The summed E-state index contributed by atoms with van der Waals surface area (Å²) in [6, 6.07) is 17.0. The molecule has 2 aliphatic rings. The summed E-state index contributed by atoms with van der Waals surface area (Å²) in [5.41, 5.74) is 2.61. The first-order valence-electron chi connectivity index (χ1n) is 14.4. The van der Waals surface area contributed by atoms with E-state index in [4.69, 9.17) is 14.2 Å². The first-order valence-corrected chi connectivity index (χ1v) is 14.4. The van der Waals surface area contributed by atoms with Crippen molar-refractivity contribution in [1.82, 2.24) is 20.4 Å². The van der Waals surface area contributed by atoms with E-state index in [9.17, 15) is 18.4 Å². The average molecular weight is 608 g/mol. The van der Waals surface area contributed by atoms with E-state index in [-0.39, 0.29) is 11.9 Å². The van der Waals surface area contributed by atoms with Gasteiger partial charge in [-0.05, 0) is 61.0 Å². The maximum absolute atomic E-state index is 13.7. The van der Waals surface area contributed by atoms with Gasteiger partial charge in [0.2, 0.25) is 0 Å². The van der Waals surface area contributed by atoms with Gasteiger partial charge in [0.05, 0.1) is 23.4 Å². The van der Waals surface area contributed by atoms with Gasteiger partial charge >= 0.3 is 5.92 Å². The number of rotatable bonds is 9. The van der Waals surface area contributed by atoms with Crippen molar-refractivity contribution < 1.29 is 37.3 Å². The molecule has 0 saturated carbocycles. The number of amides is 2. The van der Waals surface area contributed by atoms with Gasteiger partial charge in [-0.25, -0.2) is 4.68 Å². The minimum Gasteiger partial charge on any atom is -0.486 e. The summed E-state index contributed by atoms with van der Waals surface area (Å²) in [6.07, 6.45) is 1.68. The van der Waals surface area contributed by atoms with Crippen LogP contribution >= 0.6 is 0 Å². The molecule has 0 aliphatic carbocycles. The molecule has 1 fully saturated rings. The molecular weight excluding hydrogens is 574 g/mol. The van der Waals surface area contributed by atoms with Crippen LogP contribution in [-0.4, -0.2) is 70.8 Å². The Morgan fingerprint density at radius 2 is 1.91 bits per heavy atom. The number of aliphatic hydroxyl groups is 2. The van der Waals surface area contributed by atoms with E-state index < -0.39 is 24.0 Å². The first kappa shape index (κ1) is 29.4. The van der Waals surface area contributed by atoms with E-state index in [1.165, 1.54) is 0 Å². The number of benzene rings is 3. The van der Waals surface area contributed by atoms with Crippen LogP contribution in [0, 0.1) is 0 Å². The van der Waals surface area contributed by atoms with Crippen LogP contribution in [0.1, 0.15) is 42.3 Å². The molecule has 3 heterocycles. The van der Waals surface area contributed by atoms with E-state index in [2.05, 4.69) is 20.5 Å². The molecule has 1 aromatic heterocycles. The highest BCUT2D eigenvalue weighted by molar-refractivity contribution is 5.95. The van der Waals surface area contributed by atoms with Gasteiger partial charge in [0.25, 0.3) is 11.8 Å². The SMILES string of the molecule is C[C@H](NC(=O)C(C)(F)F)C(Oc1ccc2c(cnn2-c2cccc(C(=O)NC3CC[OH+]C3)c2)c1)c1ccc2c(c1)OCCO2. The highest BCUT2D eigenvalue weighted by Gasteiger charge is 2.35. The molecule has 10 nitrogen and oxygen atoms in total. The molecular formula is C32H33F2N4O6+. The molecule has 0 spiro atoms. The summed E-state index contributed by atoms with van der Waals surface area (Å²) in [7, 11) is 0. The summed E-state index contributed by atoms with van der Waals surface area (Å²) >= 11 is 0. The fraction of sp³-hybridized carbons (Fsp3) is 0.344. The normalized spacial score (nSPS) is 17.6. The smallest absolute Gasteiger partial charge is 0.321 e. The van der Waals surface area contributed by atoms with E-state index in [0.717, 1.165) is 23.9 Å². The van der Waals surface area contributed by atoms with Crippen LogP contribution in [0.2, 0.25) is 0 Å². The Kier molecular flexibility index (Phi) is 8.09.